The molecule has 2 atom stereocenters. The van der Waals surface area contributed by atoms with Crippen LogP contribution in [0, 0.1) is 16.0 Å². The van der Waals surface area contributed by atoms with Crippen LogP contribution in [0.25, 0.3) is 0 Å². The molecule has 1 aromatic carbocycles. The molecule has 0 saturated carbocycles. The summed E-state index contributed by atoms with van der Waals surface area (Å²) in [6.45, 7) is 5.14. The summed E-state index contributed by atoms with van der Waals surface area (Å²) in [6, 6.07) is 6.68. The molecule has 6 nitrogen and oxygen atoms in total. The van der Waals surface area contributed by atoms with Gasteiger partial charge in [-0.3, -0.25) is 10.1 Å². The largest absolute Gasteiger partial charge is 0.350 e. The first-order chi connectivity index (χ1) is 9.49. The number of rotatable bonds is 3. The standard InChI is InChI=1S/C14H19N3O3/c1-10-9-16(3)11(2)8-12(10)15-20-14-7-5-4-6-13(14)17(18)19/h4-7,10-11H,8-9H2,1-3H3/b15-12+/t10-,11-/m1/s1. The van der Waals surface area contributed by atoms with Gasteiger partial charge in [-0.15, -0.1) is 0 Å². The van der Waals surface area contributed by atoms with Crippen molar-refractivity contribution in [1.29, 1.82) is 0 Å². The lowest BCUT2D eigenvalue weighted by atomic mass is 9.93. The number of oxime groups is 1. The van der Waals surface area contributed by atoms with Crippen LogP contribution in [0.1, 0.15) is 20.3 Å². The fourth-order valence-electron chi connectivity index (χ4n) is 2.30. The molecule has 1 fully saturated rings. The summed E-state index contributed by atoms with van der Waals surface area (Å²) in [7, 11) is 2.08. The molecule has 1 heterocycles. The Morgan fingerprint density at radius 1 is 1.40 bits per heavy atom. The van der Waals surface area contributed by atoms with E-state index in [2.05, 4.69) is 31.0 Å². The molecule has 1 aliphatic heterocycles. The summed E-state index contributed by atoms with van der Waals surface area (Å²) in [6.07, 6.45) is 0.818. The van der Waals surface area contributed by atoms with Gasteiger partial charge < -0.3 is 9.74 Å². The average molecular weight is 277 g/mol. The molecule has 0 amide bonds. The molecule has 0 unspecified atom stereocenters. The van der Waals surface area contributed by atoms with Crippen LogP contribution in [0.15, 0.2) is 29.4 Å². The van der Waals surface area contributed by atoms with Crippen molar-refractivity contribution in [3.63, 3.8) is 0 Å². The second-order valence-corrected chi connectivity index (χ2v) is 5.29. The van der Waals surface area contributed by atoms with Gasteiger partial charge in [0.25, 0.3) is 0 Å². The molecule has 1 aliphatic rings. The molecule has 0 radical (unpaired) electrons. The minimum atomic E-state index is -0.462. The van der Waals surface area contributed by atoms with Gasteiger partial charge in [-0.05, 0) is 20.0 Å². The van der Waals surface area contributed by atoms with Gasteiger partial charge in [0.1, 0.15) is 0 Å². The molecular weight excluding hydrogens is 258 g/mol. The first kappa shape index (κ1) is 14.5. The topological polar surface area (TPSA) is 68.0 Å². The van der Waals surface area contributed by atoms with E-state index in [4.69, 9.17) is 4.84 Å². The highest BCUT2D eigenvalue weighted by Crippen LogP contribution is 2.27. The van der Waals surface area contributed by atoms with E-state index in [0.29, 0.717) is 12.0 Å². The maximum Gasteiger partial charge on any atom is 0.314 e. The number of para-hydroxylation sites is 2. The van der Waals surface area contributed by atoms with Crippen LogP contribution >= 0.6 is 0 Å². The molecule has 0 N–H and O–H groups in total. The van der Waals surface area contributed by atoms with E-state index in [-0.39, 0.29) is 11.4 Å². The van der Waals surface area contributed by atoms with Crippen LogP contribution in [0.2, 0.25) is 0 Å². The fraction of sp³-hybridized carbons (Fsp3) is 0.500. The quantitative estimate of drug-likeness (QED) is 0.629. The average Bonchev–Trinajstić information content (AvgIpc) is 2.41. The second kappa shape index (κ2) is 6.00. The highest BCUT2D eigenvalue weighted by atomic mass is 16.6. The summed E-state index contributed by atoms with van der Waals surface area (Å²) < 4.78 is 0. The minimum Gasteiger partial charge on any atom is -0.350 e. The Balaban J connectivity index is 2.15. The zero-order valence-corrected chi connectivity index (χ0v) is 11.9. The van der Waals surface area contributed by atoms with Crippen molar-refractivity contribution in [3.05, 3.63) is 34.4 Å². The van der Waals surface area contributed by atoms with Crippen molar-refractivity contribution in [3.8, 4) is 5.75 Å². The number of nitro benzene ring substituents is 1. The monoisotopic (exact) mass is 277 g/mol. The highest BCUT2D eigenvalue weighted by Gasteiger charge is 2.26. The van der Waals surface area contributed by atoms with E-state index in [0.717, 1.165) is 18.7 Å². The maximum absolute atomic E-state index is 10.9. The van der Waals surface area contributed by atoms with E-state index < -0.39 is 4.92 Å². The third-order valence-corrected chi connectivity index (χ3v) is 3.71. The first-order valence-corrected chi connectivity index (χ1v) is 6.66. The Hall–Kier alpha value is -1.95. The molecule has 0 aliphatic carbocycles. The molecule has 1 aromatic rings. The van der Waals surface area contributed by atoms with Gasteiger partial charge in [0.15, 0.2) is 0 Å². The molecular formula is C14H19N3O3. The number of piperidine rings is 1. The zero-order chi connectivity index (χ0) is 14.7. The number of likely N-dealkylation sites (tertiary alicyclic amines) is 1. The molecule has 108 valence electrons. The minimum absolute atomic E-state index is 0.0644. The first-order valence-electron chi connectivity index (χ1n) is 6.66. The number of benzene rings is 1. The summed E-state index contributed by atoms with van der Waals surface area (Å²) in [4.78, 5) is 18.0. The normalized spacial score (nSPS) is 25.6. The maximum atomic E-state index is 10.9. The molecule has 1 saturated heterocycles. The van der Waals surface area contributed by atoms with Crippen LogP contribution in [-0.2, 0) is 0 Å². The van der Waals surface area contributed by atoms with Gasteiger partial charge in [0, 0.05) is 31.0 Å². The smallest absolute Gasteiger partial charge is 0.314 e. The van der Waals surface area contributed by atoms with Crippen LogP contribution in [0.5, 0.6) is 5.75 Å². The van der Waals surface area contributed by atoms with Gasteiger partial charge in [-0.25, -0.2) is 0 Å². The van der Waals surface area contributed by atoms with Crippen molar-refractivity contribution in [1.82, 2.24) is 4.90 Å². The lowest BCUT2D eigenvalue weighted by Crippen LogP contribution is -2.43. The molecule has 2 rings (SSSR count). The summed E-state index contributed by atoms with van der Waals surface area (Å²) in [5, 5.41) is 15.1. The number of nitrogens with zero attached hydrogens (tertiary/aromatic N) is 3. The Kier molecular flexibility index (Phi) is 4.34. The SMILES string of the molecule is C[C@@H]1CN(C)[C@H](C)C/C1=N\Oc1ccccc1[N+](=O)[O-]. The number of nitro groups is 1. The van der Waals surface area contributed by atoms with Crippen molar-refractivity contribution in [2.75, 3.05) is 13.6 Å². The van der Waals surface area contributed by atoms with Crippen molar-refractivity contribution < 1.29 is 9.76 Å². The van der Waals surface area contributed by atoms with Gasteiger partial charge in [0.2, 0.25) is 5.75 Å². The van der Waals surface area contributed by atoms with Gasteiger partial charge in [-0.2, -0.15) is 0 Å². The van der Waals surface area contributed by atoms with Gasteiger partial charge in [-0.1, -0.05) is 24.2 Å². The lowest BCUT2D eigenvalue weighted by molar-refractivity contribution is -0.385. The van der Waals surface area contributed by atoms with Gasteiger partial charge >= 0.3 is 5.69 Å². The summed E-state index contributed by atoms with van der Waals surface area (Å²) >= 11 is 0. The van der Waals surface area contributed by atoms with E-state index in [1.807, 2.05) is 0 Å². The molecule has 20 heavy (non-hydrogen) atoms. The molecule has 0 bridgehead atoms. The summed E-state index contributed by atoms with van der Waals surface area (Å²) in [5.74, 6) is 0.475. The molecule has 0 aromatic heterocycles. The van der Waals surface area contributed by atoms with E-state index >= 15 is 0 Å². The van der Waals surface area contributed by atoms with E-state index in [9.17, 15) is 10.1 Å². The third-order valence-electron chi connectivity index (χ3n) is 3.71. The summed E-state index contributed by atoms with van der Waals surface area (Å²) in [5.41, 5.74) is 0.888. The van der Waals surface area contributed by atoms with Gasteiger partial charge in [0.05, 0.1) is 10.6 Å². The lowest BCUT2D eigenvalue weighted by Gasteiger charge is -2.34. The molecule has 0 spiro atoms. The predicted molar refractivity (Wildman–Crippen MR) is 77.0 cm³/mol. The van der Waals surface area contributed by atoms with Crippen molar-refractivity contribution >= 4 is 11.4 Å². The highest BCUT2D eigenvalue weighted by molar-refractivity contribution is 5.87. The Morgan fingerprint density at radius 3 is 2.80 bits per heavy atom. The second-order valence-electron chi connectivity index (χ2n) is 5.29. The Labute approximate surface area is 118 Å². The van der Waals surface area contributed by atoms with Crippen LogP contribution in [0.4, 0.5) is 5.69 Å². The fourth-order valence-corrected chi connectivity index (χ4v) is 2.30. The number of hydrogen-bond donors (Lipinski definition) is 0. The Bertz CT molecular complexity index is 530. The van der Waals surface area contributed by atoms with Crippen LogP contribution in [-0.4, -0.2) is 35.2 Å². The van der Waals surface area contributed by atoms with Crippen molar-refractivity contribution in [2.45, 2.75) is 26.3 Å². The number of hydrogen-bond acceptors (Lipinski definition) is 5. The van der Waals surface area contributed by atoms with Crippen LogP contribution in [0.3, 0.4) is 0 Å². The molecule has 6 heteroatoms. The van der Waals surface area contributed by atoms with Crippen LogP contribution < -0.4 is 4.84 Å². The Morgan fingerprint density at radius 2 is 2.10 bits per heavy atom. The predicted octanol–water partition coefficient (Wildman–Crippen LogP) is 2.69. The van der Waals surface area contributed by atoms with Crippen molar-refractivity contribution in [2.24, 2.45) is 11.1 Å². The third kappa shape index (κ3) is 3.14. The van der Waals surface area contributed by atoms with E-state index in [1.165, 1.54) is 6.07 Å². The zero-order valence-electron chi connectivity index (χ0n) is 11.9. The van der Waals surface area contributed by atoms with E-state index in [1.54, 1.807) is 18.2 Å².